The SMILES string of the molecule is CC(C)(CCCBr)CNC(=O)CCC1CCCCO1. The first-order chi connectivity index (χ1) is 9.03. The van der Waals surface area contributed by atoms with Crippen molar-refractivity contribution in [1.29, 1.82) is 0 Å². The van der Waals surface area contributed by atoms with Gasteiger partial charge in [0, 0.05) is 24.9 Å². The van der Waals surface area contributed by atoms with Crippen LogP contribution in [0.15, 0.2) is 0 Å². The van der Waals surface area contributed by atoms with Crippen molar-refractivity contribution in [1.82, 2.24) is 5.32 Å². The topological polar surface area (TPSA) is 38.3 Å². The van der Waals surface area contributed by atoms with Gasteiger partial charge in [0.25, 0.3) is 0 Å². The van der Waals surface area contributed by atoms with E-state index in [1.165, 1.54) is 12.8 Å². The van der Waals surface area contributed by atoms with Gasteiger partial charge in [-0.2, -0.15) is 0 Å². The van der Waals surface area contributed by atoms with E-state index in [1.807, 2.05) is 0 Å². The summed E-state index contributed by atoms with van der Waals surface area (Å²) in [6.45, 7) is 6.05. The zero-order valence-electron chi connectivity index (χ0n) is 12.3. The van der Waals surface area contributed by atoms with E-state index in [0.717, 1.165) is 44.2 Å². The van der Waals surface area contributed by atoms with Crippen LogP contribution in [0, 0.1) is 5.41 Å². The molecule has 1 N–H and O–H groups in total. The van der Waals surface area contributed by atoms with Crippen LogP contribution in [-0.2, 0) is 9.53 Å². The summed E-state index contributed by atoms with van der Waals surface area (Å²) >= 11 is 3.45. The number of rotatable bonds is 8. The average Bonchev–Trinajstić information content (AvgIpc) is 2.42. The van der Waals surface area contributed by atoms with Crippen LogP contribution in [0.25, 0.3) is 0 Å². The van der Waals surface area contributed by atoms with E-state index >= 15 is 0 Å². The number of hydrogen-bond donors (Lipinski definition) is 1. The first kappa shape index (κ1) is 17.0. The van der Waals surface area contributed by atoms with Crippen LogP contribution in [0.1, 0.15) is 58.8 Å². The van der Waals surface area contributed by atoms with E-state index in [9.17, 15) is 4.79 Å². The summed E-state index contributed by atoms with van der Waals surface area (Å²) in [6, 6.07) is 0. The van der Waals surface area contributed by atoms with Crippen LogP contribution >= 0.6 is 15.9 Å². The molecule has 0 saturated carbocycles. The fourth-order valence-corrected chi connectivity index (χ4v) is 2.67. The molecule has 1 unspecified atom stereocenters. The molecule has 1 rings (SSSR count). The molecule has 0 bridgehead atoms. The number of nitrogens with one attached hydrogen (secondary N) is 1. The van der Waals surface area contributed by atoms with Crippen molar-refractivity contribution in [3.63, 3.8) is 0 Å². The van der Waals surface area contributed by atoms with Gasteiger partial charge in [-0.05, 0) is 43.9 Å². The number of carbonyl (C=O) groups is 1. The summed E-state index contributed by atoms with van der Waals surface area (Å²) in [7, 11) is 0. The molecular formula is C15H28BrNO2. The number of alkyl halides is 1. The molecule has 0 aliphatic carbocycles. The third-order valence-corrected chi connectivity index (χ3v) is 4.28. The molecule has 1 aliphatic heterocycles. The van der Waals surface area contributed by atoms with Gasteiger partial charge in [-0.3, -0.25) is 4.79 Å². The monoisotopic (exact) mass is 333 g/mol. The lowest BCUT2D eigenvalue weighted by atomic mass is 9.88. The molecule has 1 heterocycles. The Bertz CT molecular complexity index is 263. The minimum Gasteiger partial charge on any atom is -0.378 e. The van der Waals surface area contributed by atoms with Gasteiger partial charge in [0.2, 0.25) is 5.91 Å². The minimum absolute atomic E-state index is 0.168. The molecule has 19 heavy (non-hydrogen) atoms. The molecule has 1 aliphatic rings. The Kier molecular flexibility index (Phi) is 8.00. The summed E-state index contributed by atoms with van der Waals surface area (Å²) in [5.41, 5.74) is 0.185. The zero-order chi connectivity index (χ0) is 14.1. The second-order valence-corrected chi connectivity index (χ2v) is 7.05. The number of amides is 1. The number of hydrogen-bond acceptors (Lipinski definition) is 2. The molecule has 1 atom stereocenters. The first-order valence-electron chi connectivity index (χ1n) is 7.48. The fraction of sp³-hybridized carbons (Fsp3) is 0.933. The molecule has 3 nitrogen and oxygen atoms in total. The molecule has 4 heteroatoms. The van der Waals surface area contributed by atoms with Crippen molar-refractivity contribution in [2.45, 2.75) is 64.9 Å². The lowest BCUT2D eigenvalue weighted by molar-refractivity contribution is -0.122. The summed E-state index contributed by atoms with van der Waals surface area (Å²) < 4.78 is 5.64. The van der Waals surface area contributed by atoms with E-state index in [0.29, 0.717) is 12.5 Å². The number of carbonyl (C=O) groups excluding carboxylic acids is 1. The van der Waals surface area contributed by atoms with Gasteiger partial charge in [-0.1, -0.05) is 29.8 Å². The summed E-state index contributed by atoms with van der Waals surface area (Å²) in [5, 5.41) is 4.09. The third kappa shape index (κ3) is 7.93. The predicted molar refractivity (Wildman–Crippen MR) is 82.6 cm³/mol. The Balaban J connectivity index is 2.12. The van der Waals surface area contributed by atoms with E-state index in [-0.39, 0.29) is 11.3 Å². The molecule has 1 fully saturated rings. The van der Waals surface area contributed by atoms with Gasteiger partial charge < -0.3 is 10.1 Å². The van der Waals surface area contributed by atoms with Gasteiger partial charge in [0.1, 0.15) is 0 Å². The maximum atomic E-state index is 11.8. The van der Waals surface area contributed by atoms with Crippen LogP contribution in [-0.4, -0.2) is 30.5 Å². The predicted octanol–water partition coefficient (Wildman–Crippen LogP) is 3.65. The Morgan fingerprint density at radius 2 is 2.21 bits per heavy atom. The number of ether oxygens (including phenoxy) is 1. The van der Waals surface area contributed by atoms with Crippen molar-refractivity contribution in [2.24, 2.45) is 5.41 Å². The summed E-state index contributed by atoms with van der Waals surface area (Å²) in [5.74, 6) is 0.168. The van der Waals surface area contributed by atoms with E-state index < -0.39 is 0 Å². The summed E-state index contributed by atoms with van der Waals surface area (Å²) in [4.78, 5) is 11.8. The van der Waals surface area contributed by atoms with Crippen molar-refractivity contribution in [3.05, 3.63) is 0 Å². The normalized spacial score (nSPS) is 20.3. The largest absolute Gasteiger partial charge is 0.378 e. The van der Waals surface area contributed by atoms with Crippen LogP contribution in [0.3, 0.4) is 0 Å². The Labute approximate surface area is 126 Å². The maximum Gasteiger partial charge on any atom is 0.220 e. The van der Waals surface area contributed by atoms with Crippen LogP contribution in [0.4, 0.5) is 0 Å². The summed E-state index contributed by atoms with van der Waals surface area (Å²) in [6.07, 6.45) is 7.58. The van der Waals surface area contributed by atoms with Gasteiger partial charge in [0.15, 0.2) is 0 Å². The average molecular weight is 334 g/mol. The Hall–Kier alpha value is -0.0900. The standard InChI is InChI=1S/C15H28BrNO2/c1-15(2,9-5-10-16)12-17-14(18)8-7-13-6-3-4-11-19-13/h13H,3-12H2,1-2H3,(H,17,18). The molecule has 1 amide bonds. The second kappa shape index (κ2) is 8.96. The first-order valence-corrected chi connectivity index (χ1v) is 8.60. The molecule has 1 saturated heterocycles. The molecule has 0 aromatic heterocycles. The molecule has 0 aromatic rings. The highest BCUT2D eigenvalue weighted by molar-refractivity contribution is 9.09. The molecule has 0 aromatic carbocycles. The fourth-order valence-electron chi connectivity index (χ4n) is 2.39. The number of halogens is 1. The zero-order valence-corrected chi connectivity index (χ0v) is 13.9. The van der Waals surface area contributed by atoms with Gasteiger partial charge >= 0.3 is 0 Å². The lowest BCUT2D eigenvalue weighted by Crippen LogP contribution is -2.34. The van der Waals surface area contributed by atoms with Gasteiger partial charge in [-0.25, -0.2) is 0 Å². The van der Waals surface area contributed by atoms with E-state index in [1.54, 1.807) is 0 Å². The van der Waals surface area contributed by atoms with Crippen molar-refractivity contribution in [2.75, 3.05) is 18.5 Å². The Morgan fingerprint density at radius 3 is 2.84 bits per heavy atom. The smallest absolute Gasteiger partial charge is 0.220 e. The highest BCUT2D eigenvalue weighted by atomic mass is 79.9. The second-order valence-electron chi connectivity index (χ2n) is 6.26. The third-order valence-electron chi connectivity index (χ3n) is 3.72. The van der Waals surface area contributed by atoms with Gasteiger partial charge in [-0.15, -0.1) is 0 Å². The van der Waals surface area contributed by atoms with E-state index in [4.69, 9.17) is 4.74 Å². The Morgan fingerprint density at radius 1 is 1.42 bits per heavy atom. The van der Waals surface area contributed by atoms with Crippen molar-refractivity contribution >= 4 is 21.8 Å². The van der Waals surface area contributed by atoms with Crippen molar-refractivity contribution < 1.29 is 9.53 Å². The van der Waals surface area contributed by atoms with Crippen molar-refractivity contribution in [3.8, 4) is 0 Å². The van der Waals surface area contributed by atoms with Crippen LogP contribution in [0.5, 0.6) is 0 Å². The minimum atomic E-state index is 0.168. The van der Waals surface area contributed by atoms with Crippen LogP contribution in [0.2, 0.25) is 0 Å². The maximum absolute atomic E-state index is 11.8. The highest BCUT2D eigenvalue weighted by Gasteiger charge is 2.19. The molecule has 112 valence electrons. The lowest BCUT2D eigenvalue weighted by Gasteiger charge is -2.25. The molecular weight excluding hydrogens is 306 g/mol. The molecule has 0 spiro atoms. The molecule has 0 radical (unpaired) electrons. The van der Waals surface area contributed by atoms with Gasteiger partial charge in [0.05, 0.1) is 6.10 Å². The highest BCUT2D eigenvalue weighted by Crippen LogP contribution is 2.22. The van der Waals surface area contributed by atoms with E-state index in [2.05, 4.69) is 35.1 Å². The van der Waals surface area contributed by atoms with Crippen LogP contribution < -0.4 is 5.32 Å². The quantitative estimate of drug-likeness (QED) is 0.688.